The van der Waals surface area contributed by atoms with Crippen molar-refractivity contribution < 1.29 is 0 Å². The molecule has 2 aromatic heterocycles. The summed E-state index contributed by atoms with van der Waals surface area (Å²) in [5.74, 6) is 0. The van der Waals surface area contributed by atoms with Crippen LogP contribution in [0.15, 0.2) is 85.2 Å². The zero-order valence-electron chi connectivity index (χ0n) is 12.9. The van der Waals surface area contributed by atoms with Gasteiger partial charge >= 0.3 is 0 Å². The minimum atomic E-state index is 0.726. The Hall–Kier alpha value is -2.84. The van der Waals surface area contributed by atoms with Gasteiger partial charge in [0.05, 0.1) is 5.69 Å². The summed E-state index contributed by atoms with van der Waals surface area (Å²) in [5, 5.41) is 0.726. The molecule has 0 radical (unpaired) electrons. The van der Waals surface area contributed by atoms with Crippen LogP contribution >= 0.6 is 11.6 Å². The number of hydrogen-bond donors (Lipinski definition) is 1. The van der Waals surface area contributed by atoms with E-state index in [1.165, 1.54) is 0 Å². The minimum absolute atomic E-state index is 0.726. The van der Waals surface area contributed by atoms with Crippen LogP contribution in [-0.4, -0.2) is 9.97 Å². The van der Waals surface area contributed by atoms with Gasteiger partial charge in [-0.3, -0.25) is 4.98 Å². The van der Waals surface area contributed by atoms with Gasteiger partial charge < -0.3 is 4.98 Å². The van der Waals surface area contributed by atoms with Gasteiger partial charge in [-0.1, -0.05) is 54.1 Å². The second-order valence-corrected chi connectivity index (χ2v) is 6.02. The smallest absolute Gasteiger partial charge is 0.0538 e. The summed E-state index contributed by atoms with van der Waals surface area (Å²) in [4.78, 5) is 7.68. The van der Waals surface area contributed by atoms with E-state index in [2.05, 4.69) is 34.2 Å². The van der Waals surface area contributed by atoms with E-state index >= 15 is 0 Å². The predicted octanol–water partition coefficient (Wildman–Crippen LogP) is 6.06. The van der Waals surface area contributed by atoms with E-state index in [1.807, 2.05) is 60.9 Å². The average Bonchev–Trinajstić information content (AvgIpc) is 3.09. The molecule has 0 fully saturated rings. The lowest BCUT2D eigenvalue weighted by Gasteiger charge is -2.05. The van der Waals surface area contributed by atoms with E-state index < -0.39 is 0 Å². The molecule has 0 aliphatic heterocycles. The van der Waals surface area contributed by atoms with Gasteiger partial charge in [-0.2, -0.15) is 0 Å². The summed E-state index contributed by atoms with van der Waals surface area (Å²) in [6.45, 7) is 0. The summed E-state index contributed by atoms with van der Waals surface area (Å²) in [5.41, 5.74) is 6.62. The Morgan fingerprint density at radius 1 is 0.708 bits per heavy atom. The number of aromatic amines is 1. The van der Waals surface area contributed by atoms with E-state index in [9.17, 15) is 0 Å². The van der Waals surface area contributed by atoms with E-state index in [0.29, 0.717) is 0 Å². The molecule has 116 valence electrons. The molecule has 4 aromatic rings. The topological polar surface area (TPSA) is 28.7 Å². The first-order chi connectivity index (χ1) is 11.8. The highest BCUT2D eigenvalue weighted by Gasteiger charge is 2.13. The molecular weight excluding hydrogens is 316 g/mol. The van der Waals surface area contributed by atoms with Gasteiger partial charge in [0, 0.05) is 34.2 Å². The number of nitrogens with one attached hydrogen (secondary N) is 1. The van der Waals surface area contributed by atoms with E-state index in [4.69, 9.17) is 11.6 Å². The van der Waals surface area contributed by atoms with Gasteiger partial charge in [-0.15, -0.1) is 0 Å². The summed E-state index contributed by atoms with van der Waals surface area (Å²) < 4.78 is 0. The summed E-state index contributed by atoms with van der Waals surface area (Å²) in [6, 6.07) is 24.4. The van der Waals surface area contributed by atoms with E-state index in [0.717, 1.165) is 38.7 Å². The molecule has 2 aromatic carbocycles. The van der Waals surface area contributed by atoms with Crippen molar-refractivity contribution in [1.82, 2.24) is 9.97 Å². The van der Waals surface area contributed by atoms with Crippen molar-refractivity contribution in [3.05, 3.63) is 90.2 Å². The number of benzene rings is 2. The van der Waals surface area contributed by atoms with Crippen LogP contribution in [0.3, 0.4) is 0 Å². The Morgan fingerprint density at radius 3 is 2.21 bits per heavy atom. The lowest BCUT2D eigenvalue weighted by Crippen LogP contribution is -1.83. The lowest BCUT2D eigenvalue weighted by molar-refractivity contribution is 1.33. The maximum atomic E-state index is 6.19. The molecule has 0 bridgehead atoms. The molecule has 3 heteroatoms. The quantitative estimate of drug-likeness (QED) is 0.485. The van der Waals surface area contributed by atoms with Crippen LogP contribution in [0.4, 0.5) is 0 Å². The second-order valence-electron chi connectivity index (χ2n) is 5.58. The fourth-order valence-electron chi connectivity index (χ4n) is 2.86. The minimum Gasteiger partial charge on any atom is -0.354 e. The first-order valence-electron chi connectivity index (χ1n) is 7.76. The number of rotatable bonds is 3. The number of pyridine rings is 1. The number of nitrogens with zero attached hydrogens (tertiary/aromatic N) is 1. The third-order valence-corrected chi connectivity index (χ3v) is 4.24. The largest absolute Gasteiger partial charge is 0.354 e. The Bertz CT molecular complexity index is 960. The van der Waals surface area contributed by atoms with Crippen LogP contribution in [0, 0.1) is 0 Å². The Labute approximate surface area is 145 Å². The summed E-state index contributed by atoms with van der Waals surface area (Å²) in [6.07, 6.45) is 3.62. The molecule has 2 heterocycles. The third kappa shape index (κ3) is 2.84. The van der Waals surface area contributed by atoms with Gasteiger partial charge in [0.1, 0.15) is 0 Å². The highest BCUT2D eigenvalue weighted by atomic mass is 35.5. The molecule has 0 atom stereocenters. The normalized spacial score (nSPS) is 10.7. The van der Waals surface area contributed by atoms with Crippen molar-refractivity contribution in [2.75, 3.05) is 0 Å². The standard InChI is InChI=1S/C21H15ClN2/c22-18-8-4-7-17(13-18)21-19(15-9-11-23-12-10-15)14-20(24-21)16-5-2-1-3-6-16/h1-14,24H. The van der Waals surface area contributed by atoms with Crippen molar-refractivity contribution in [2.24, 2.45) is 0 Å². The maximum absolute atomic E-state index is 6.19. The average molecular weight is 331 g/mol. The third-order valence-electron chi connectivity index (χ3n) is 4.01. The molecule has 0 aliphatic rings. The Balaban J connectivity index is 1.92. The first kappa shape index (κ1) is 14.7. The molecule has 4 rings (SSSR count). The van der Waals surface area contributed by atoms with Crippen LogP contribution in [0.25, 0.3) is 33.6 Å². The highest BCUT2D eigenvalue weighted by molar-refractivity contribution is 6.30. The molecular formula is C21H15ClN2. The summed E-state index contributed by atoms with van der Waals surface area (Å²) in [7, 11) is 0. The SMILES string of the molecule is Clc1cccc(-c2[nH]c(-c3ccccc3)cc2-c2ccncc2)c1. The fraction of sp³-hybridized carbons (Fsp3) is 0. The zero-order chi connectivity index (χ0) is 16.4. The fourth-order valence-corrected chi connectivity index (χ4v) is 3.05. The molecule has 24 heavy (non-hydrogen) atoms. The van der Waals surface area contributed by atoms with Crippen molar-refractivity contribution >= 4 is 11.6 Å². The van der Waals surface area contributed by atoms with Crippen molar-refractivity contribution in [3.63, 3.8) is 0 Å². The van der Waals surface area contributed by atoms with Crippen LogP contribution < -0.4 is 0 Å². The Kier molecular flexibility index (Phi) is 3.89. The van der Waals surface area contributed by atoms with Gasteiger partial charge in [0.2, 0.25) is 0 Å². The maximum Gasteiger partial charge on any atom is 0.0538 e. The zero-order valence-corrected chi connectivity index (χ0v) is 13.7. The Morgan fingerprint density at radius 2 is 1.46 bits per heavy atom. The van der Waals surface area contributed by atoms with Gasteiger partial charge in [0.25, 0.3) is 0 Å². The molecule has 0 unspecified atom stereocenters. The second kappa shape index (κ2) is 6.34. The molecule has 1 N–H and O–H groups in total. The molecule has 0 saturated carbocycles. The van der Waals surface area contributed by atoms with Crippen molar-refractivity contribution in [3.8, 4) is 33.6 Å². The van der Waals surface area contributed by atoms with Crippen molar-refractivity contribution in [1.29, 1.82) is 0 Å². The number of H-pyrrole nitrogens is 1. The van der Waals surface area contributed by atoms with Gasteiger partial charge in [0.15, 0.2) is 0 Å². The predicted molar refractivity (Wildman–Crippen MR) is 99.9 cm³/mol. The first-order valence-corrected chi connectivity index (χ1v) is 8.14. The van der Waals surface area contributed by atoms with Crippen LogP contribution in [0.5, 0.6) is 0 Å². The molecule has 0 saturated heterocycles. The number of aromatic nitrogens is 2. The number of hydrogen-bond acceptors (Lipinski definition) is 1. The van der Waals surface area contributed by atoms with Crippen molar-refractivity contribution in [2.45, 2.75) is 0 Å². The highest BCUT2D eigenvalue weighted by Crippen LogP contribution is 2.36. The van der Waals surface area contributed by atoms with Gasteiger partial charge in [-0.05, 0) is 41.5 Å². The van der Waals surface area contributed by atoms with E-state index in [1.54, 1.807) is 0 Å². The van der Waals surface area contributed by atoms with Crippen LogP contribution in [0.1, 0.15) is 0 Å². The molecule has 0 amide bonds. The molecule has 0 spiro atoms. The molecule has 0 aliphatic carbocycles. The monoisotopic (exact) mass is 330 g/mol. The molecule has 2 nitrogen and oxygen atoms in total. The summed E-state index contributed by atoms with van der Waals surface area (Å²) >= 11 is 6.19. The lowest BCUT2D eigenvalue weighted by atomic mass is 10.0. The van der Waals surface area contributed by atoms with Gasteiger partial charge in [-0.25, -0.2) is 0 Å². The number of halogens is 1. The van der Waals surface area contributed by atoms with Crippen LogP contribution in [-0.2, 0) is 0 Å². The van der Waals surface area contributed by atoms with E-state index in [-0.39, 0.29) is 0 Å². The van der Waals surface area contributed by atoms with Crippen LogP contribution in [0.2, 0.25) is 5.02 Å².